The Balaban J connectivity index is 1.83. The minimum atomic E-state index is -3.80. The molecule has 44 heavy (non-hydrogen) atoms. The minimum Gasteiger partial charge on any atom is -0.493 e. The Labute approximate surface area is 255 Å². The molecule has 0 radical (unpaired) electrons. The zero-order valence-corrected chi connectivity index (χ0v) is 25.6. The van der Waals surface area contributed by atoms with E-state index in [1.807, 2.05) is 0 Å². The van der Waals surface area contributed by atoms with Crippen LogP contribution in [-0.2, 0) is 14.6 Å². The lowest BCUT2D eigenvalue weighted by molar-refractivity contribution is -0.133. The van der Waals surface area contributed by atoms with E-state index in [2.05, 4.69) is 15.6 Å². The summed E-state index contributed by atoms with van der Waals surface area (Å²) in [4.78, 5) is 43.3. The topological polar surface area (TPSA) is 190 Å². The number of benzene rings is 2. The van der Waals surface area contributed by atoms with Crippen LogP contribution in [0.15, 0.2) is 59.6 Å². The number of sulfone groups is 1. The number of methoxy groups -OCH3 is 2. The molecule has 1 saturated heterocycles. The first-order valence-corrected chi connectivity index (χ1v) is 15.3. The van der Waals surface area contributed by atoms with Gasteiger partial charge in [0.05, 0.1) is 30.4 Å². The molecule has 234 valence electrons. The zero-order valence-electron chi connectivity index (χ0n) is 24.7. The fourth-order valence-electron chi connectivity index (χ4n) is 5.18. The van der Waals surface area contributed by atoms with Crippen LogP contribution in [-0.4, -0.2) is 67.3 Å². The second-order valence-electron chi connectivity index (χ2n) is 10.5. The van der Waals surface area contributed by atoms with Crippen LogP contribution in [0, 0.1) is 0 Å². The number of carbonyl (C=O) groups is 3. The first kappa shape index (κ1) is 32.1. The van der Waals surface area contributed by atoms with Crippen LogP contribution >= 0.6 is 0 Å². The SMILES string of the molecule is COc1ccc(C(Nc2ccnc(C(N)=O)c2)C(=O)N2CCCC2c2cc(NC(=O)O)ccc2S(=O)(=O)C(C)C)cc1OC. The van der Waals surface area contributed by atoms with Crippen LogP contribution in [0.5, 0.6) is 11.5 Å². The first-order valence-electron chi connectivity index (χ1n) is 13.8. The van der Waals surface area contributed by atoms with Crippen molar-refractivity contribution in [2.75, 3.05) is 31.4 Å². The Kier molecular flexibility index (Phi) is 9.62. The normalized spacial score (nSPS) is 15.5. The van der Waals surface area contributed by atoms with Gasteiger partial charge in [-0.25, -0.2) is 13.2 Å². The Morgan fingerprint density at radius 2 is 1.75 bits per heavy atom. The molecule has 3 amide bonds. The van der Waals surface area contributed by atoms with Crippen molar-refractivity contribution >= 4 is 39.1 Å². The molecule has 1 aliphatic rings. The smallest absolute Gasteiger partial charge is 0.409 e. The van der Waals surface area contributed by atoms with Crippen LogP contribution in [0.3, 0.4) is 0 Å². The van der Waals surface area contributed by atoms with E-state index in [1.54, 1.807) is 43.0 Å². The first-order chi connectivity index (χ1) is 20.9. The number of nitrogens with zero attached hydrogens (tertiary/aromatic N) is 2. The molecular formula is C30H35N5O8S. The molecule has 2 unspecified atom stereocenters. The summed E-state index contributed by atoms with van der Waals surface area (Å²) in [7, 11) is -0.837. The standard InChI is InChI=1S/C30H35N5O8S/c1-17(2)44(40,41)26-10-8-19(34-30(38)39)15-21(26)23-6-5-13-35(23)29(37)27(18-7-9-24(42-3)25(14-18)43-4)33-20-11-12-32-22(16-20)28(31)36/h7-12,14-17,23,27,34H,5-6,13H2,1-4H3,(H2,31,36)(H,32,33)(H,38,39). The van der Waals surface area contributed by atoms with Gasteiger partial charge < -0.3 is 30.5 Å². The van der Waals surface area contributed by atoms with Gasteiger partial charge in [-0.2, -0.15) is 0 Å². The minimum absolute atomic E-state index is 0.00108. The highest BCUT2D eigenvalue weighted by molar-refractivity contribution is 7.92. The Morgan fingerprint density at radius 1 is 1.02 bits per heavy atom. The van der Waals surface area contributed by atoms with E-state index < -0.39 is 39.2 Å². The lowest BCUT2D eigenvalue weighted by Gasteiger charge is -2.32. The van der Waals surface area contributed by atoms with E-state index in [0.717, 1.165) is 0 Å². The molecule has 4 rings (SSSR count). The molecule has 2 aromatic carbocycles. The molecule has 0 bridgehead atoms. The van der Waals surface area contributed by atoms with Crippen molar-refractivity contribution in [1.29, 1.82) is 0 Å². The van der Waals surface area contributed by atoms with E-state index in [4.69, 9.17) is 15.2 Å². The van der Waals surface area contributed by atoms with Crippen LogP contribution in [0.2, 0.25) is 0 Å². The number of hydrogen-bond acceptors (Lipinski definition) is 9. The van der Waals surface area contributed by atoms with Gasteiger partial charge >= 0.3 is 6.09 Å². The molecule has 13 nitrogen and oxygen atoms in total. The van der Waals surface area contributed by atoms with Gasteiger partial charge in [-0.3, -0.25) is 19.9 Å². The molecule has 0 spiro atoms. The van der Waals surface area contributed by atoms with Gasteiger partial charge in [-0.05, 0) is 80.3 Å². The number of carboxylic acid groups (broad SMARTS) is 1. The van der Waals surface area contributed by atoms with E-state index >= 15 is 0 Å². The van der Waals surface area contributed by atoms with Gasteiger partial charge in [0, 0.05) is 24.1 Å². The summed E-state index contributed by atoms with van der Waals surface area (Å²) >= 11 is 0. The van der Waals surface area contributed by atoms with Gasteiger partial charge in [0.15, 0.2) is 21.3 Å². The van der Waals surface area contributed by atoms with Crippen molar-refractivity contribution in [2.24, 2.45) is 5.73 Å². The molecule has 1 aromatic heterocycles. The summed E-state index contributed by atoms with van der Waals surface area (Å²) in [5.41, 5.74) is 6.83. The van der Waals surface area contributed by atoms with Crippen molar-refractivity contribution in [3.63, 3.8) is 0 Å². The molecule has 3 aromatic rings. The van der Waals surface area contributed by atoms with E-state index in [0.29, 0.717) is 47.7 Å². The van der Waals surface area contributed by atoms with Crippen molar-refractivity contribution in [1.82, 2.24) is 9.88 Å². The van der Waals surface area contributed by atoms with Gasteiger partial charge in [0.25, 0.3) is 5.91 Å². The van der Waals surface area contributed by atoms with Crippen LogP contribution in [0.4, 0.5) is 16.2 Å². The number of anilines is 2. The molecule has 1 fully saturated rings. The number of nitrogens with two attached hydrogens (primary N) is 1. The van der Waals surface area contributed by atoms with Gasteiger partial charge in [0.2, 0.25) is 5.91 Å². The fraction of sp³-hybridized carbons (Fsp3) is 0.333. The predicted molar refractivity (Wildman–Crippen MR) is 163 cm³/mol. The highest BCUT2D eigenvalue weighted by Crippen LogP contribution is 2.40. The number of aromatic nitrogens is 1. The quantitative estimate of drug-likeness (QED) is 0.242. The monoisotopic (exact) mass is 625 g/mol. The number of likely N-dealkylation sites (tertiary alicyclic amines) is 1. The third-order valence-electron chi connectivity index (χ3n) is 7.39. The van der Waals surface area contributed by atoms with Gasteiger partial charge in [-0.15, -0.1) is 0 Å². The van der Waals surface area contributed by atoms with Crippen molar-refractivity contribution in [3.05, 3.63) is 71.5 Å². The average Bonchev–Trinajstić information content (AvgIpc) is 3.49. The second kappa shape index (κ2) is 13.2. The molecule has 1 aliphatic heterocycles. The lowest BCUT2D eigenvalue weighted by Crippen LogP contribution is -2.38. The Morgan fingerprint density at radius 3 is 2.39 bits per heavy atom. The number of nitrogens with one attached hydrogen (secondary N) is 2. The average molecular weight is 626 g/mol. The number of ether oxygens (including phenoxy) is 2. The van der Waals surface area contributed by atoms with Crippen molar-refractivity contribution in [3.8, 4) is 11.5 Å². The molecule has 2 heterocycles. The lowest BCUT2D eigenvalue weighted by atomic mass is 10.0. The summed E-state index contributed by atoms with van der Waals surface area (Å²) in [6.45, 7) is 3.44. The highest BCUT2D eigenvalue weighted by atomic mass is 32.2. The highest BCUT2D eigenvalue weighted by Gasteiger charge is 2.38. The van der Waals surface area contributed by atoms with Gasteiger partial charge in [-0.1, -0.05) is 6.07 Å². The second-order valence-corrected chi connectivity index (χ2v) is 12.9. The summed E-state index contributed by atoms with van der Waals surface area (Å²) in [6, 6.07) is 10.6. The van der Waals surface area contributed by atoms with Crippen LogP contribution in [0.1, 0.15) is 60.4 Å². The molecule has 0 aliphatic carbocycles. The summed E-state index contributed by atoms with van der Waals surface area (Å²) in [6.07, 6.45) is 1.11. The van der Waals surface area contributed by atoms with E-state index in [9.17, 15) is 27.9 Å². The largest absolute Gasteiger partial charge is 0.493 e. The van der Waals surface area contributed by atoms with Crippen LogP contribution in [0.25, 0.3) is 0 Å². The number of hydrogen-bond donors (Lipinski definition) is 4. The number of rotatable bonds is 11. The molecular weight excluding hydrogens is 590 g/mol. The van der Waals surface area contributed by atoms with Crippen molar-refractivity contribution in [2.45, 2.75) is 48.9 Å². The Bertz CT molecular complexity index is 1680. The molecule has 0 saturated carbocycles. The summed E-state index contributed by atoms with van der Waals surface area (Å²) < 4.78 is 37.7. The maximum atomic E-state index is 14.5. The third-order valence-corrected chi connectivity index (χ3v) is 9.62. The van der Waals surface area contributed by atoms with Gasteiger partial charge in [0.1, 0.15) is 11.7 Å². The maximum absolute atomic E-state index is 14.5. The molecule has 2 atom stereocenters. The zero-order chi connectivity index (χ0) is 32.2. The predicted octanol–water partition coefficient (Wildman–Crippen LogP) is 3.99. The maximum Gasteiger partial charge on any atom is 0.409 e. The van der Waals surface area contributed by atoms with Crippen LogP contribution < -0.4 is 25.8 Å². The molecule has 5 N–H and O–H groups in total. The number of amides is 3. The number of carbonyl (C=O) groups excluding carboxylic acids is 2. The van der Waals surface area contributed by atoms with Crippen molar-refractivity contribution < 1.29 is 37.4 Å². The fourth-order valence-corrected chi connectivity index (χ4v) is 6.47. The Hall–Kier alpha value is -4.85. The summed E-state index contributed by atoms with van der Waals surface area (Å²) in [5, 5.41) is 14.0. The molecule has 14 heteroatoms. The summed E-state index contributed by atoms with van der Waals surface area (Å²) in [5.74, 6) is -0.293. The number of primary amides is 1. The third kappa shape index (κ3) is 6.70. The number of pyridine rings is 1. The van der Waals surface area contributed by atoms with E-state index in [-0.39, 0.29) is 22.2 Å². The van der Waals surface area contributed by atoms with E-state index in [1.165, 1.54) is 44.7 Å².